The van der Waals surface area contributed by atoms with Gasteiger partial charge in [0.25, 0.3) is 0 Å². The van der Waals surface area contributed by atoms with E-state index in [1.54, 1.807) is 0 Å². The fourth-order valence-electron chi connectivity index (χ4n) is 2.43. The summed E-state index contributed by atoms with van der Waals surface area (Å²) < 4.78 is 0. The normalized spacial score (nSPS) is 25.4. The minimum absolute atomic E-state index is 0.583. The largest absolute Gasteiger partial charge is 0.397 e. The zero-order valence-electron chi connectivity index (χ0n) is 10.2. The highest BCUT2D eigenvalue weighted by molar-refractivity contribution is 5.49. The van der Waals surface area contributed by atoms with E-state index in [0.717, 1.165) is 23.1 Å². The molecule has 1 fully saturated rings. The number of nitrogens with one attached hydrogen (secondary N) is 1. The van der Waals surface area contributed by atoms with Crippen LogP contribution in [0.15, 0.2) is 12.1 Å². The van der Waals surface area contributed by atoms with Crippen molar-refractivity contribution in [1.82, 2.24) is 4.98 Å². The molecule has 3 N–H and O–H groups in total. The first-order valence-corrected chi connectivity index (χ1v) is 6.15. The van der Waals surface area contributed by atoms with Crippen LogP contribution in [-0.2, 0) is 0 Å². The third-order valence-corrected chi connectivity index (χ3v) is 3.42. The molecule has 0 radical (unpaired) electrons. The summed E-state index contributed by atoms with van der Waals surface area (Å²) in [6, 6.07) is 4.48. The molecule has 1 aliphatic carbocycles. The van der Waals surface area contributed by atoms with E-state index in [9.17, 15) is 0 Å². The topological polar surface area (TPSA) is 50.9 Å². The molecular formula is C13H21N3. The van der Waals surface area contributed by atoms with E-state index in [2.05, 4.69) is 17.2 Å². The van der Waals surface area contributed by atoms with Gasteiger partial charge in [-0.2, -0.15) is 0 Å². The van der Waals surface area contributed by atoms with Crippen LogP contribution in [-0.4, -0.2) is 11.0 Å². The van der Waals surface area contributed by atoms with Crippen LogP contribution in [0.1, 0.15) is 38.3 Å². The van der Waals surface area contributed by atoms with Crippen LogP contribution in [0.25, 0.3) is 0 Å². The van der Waals surface area contributed by atoms with Gasteiger partial charge in [-0.25, -0.2) is 4.98 Å². The number of rotatable bonds is 2. The molecule has 0 aromatic carbocycles. The predicted molar refractivity (Wildman–Crippen MR) is 68.4 cm³/mol. The summed E-state index contributed by atoms with van der Waals surface area (Å²) >= 11 is 0. The molecule has 3 nitrogen and oxygen atoms in total. The fraction of sp³-hybridized carbons (Fsp3) is 0.615. The molecule has 1 heterocycles. The molecule has 1 aromatic heterocycles. The Morgan fingerprint density at radius 3 is 2.88 bits per heavy atom. The van der Waals surface area contributed by atoms with Crippen LogP contribution in [0.3, 0.4) is 0 Å². The van der Waals surface area contributed by atoms with Gasteiger partial charge in [-0.15, -0.1) is 0 Å². The van der Waals surface area contributed by atoms with E-state index in [-0.39, 0.29) is 0 Å². The number of aromatic nitrogens is 1. The van der Waals surface area contributed by atoms with Crippen molar-refractivity contribution in [3.8, 4) is 0 Å². The summed E-state index contributed by atoms with van der Waals surface area (Å²) in [4.78, 5) is 4.46. The van der Waals surface area contributed by atoms with Crippen LogP contribution >= 0.6 is 0 Å². The molecule has 0 bridgehead atoms. The van der Waals surface area contributed by atoms with Gasteiger partial charge >= 0.3 is 0 Å². The quantitative estimate of drug-likeness (QED) is 0.804. The third-order valence-electron chi connectivity index (χ3n) is 3.42. The lowest BCUT2D eigenvalue weighted by Crippen LogP contribution is -2.26. The van der Waals surface area contributed by atoms with E-state index < -0.39 is 0 Å². The molecule has 1 aromatic rings. The first-order chi connectivity index (χ1) is 7.65. The van der Waals surface area contributed by atoms with E-state index >= 15 is 0 Å². The lowest BCUT2D eigenvalue weighted by atomic mass is 9.87. The number of pyridine rings is 1. The molecule has 0 aliphatic heterocycles. The number of anilines is 2. The summed E-state index contributed by atoms with van der Waals surface area (Å²) in [5.41, 5.74) is 7.43. The Hall–Kier alpha value is -1.25. The zero-order valence-corrected chi connectivity index (χ0v) is 10.2. The summed E-state index contributed by atoms with van der Waals surface area (Å²) in [6.07, 6.45) is 5.21. The Bertz CT molecular complexity index is 362. The van der Waals surface area contributed by atoms with Crippen LogP contribution in [0.5, 0.6) is 0 Å². The molecule has 2 atom stereocenters. The van der Waals surface area contributed by atoms with Crippen molar-refractivity contribution in [2.75, 3.05) is 11.1 Å². The second-order valence-corrected chi connectivity index (χ2v) is 4.98. The SMILES string of the molecule is Cc1nc(NC2CCCC(C)C2)ccc1N. The molecule has 2 unspecified atom stereocenters. The Kier molecular flexibility index (Phi) is 3.32. The van der Waals surface area contributed by atoms with Gasteiger partial charge in [0.05, 0.1) is 11.4 Å². The maximum absolute atomic E-state index is 5.75. The second kappa shape index (κ2) is 4.73. The molecule has 3 heteroatoms. The van der Waals surface area contributed by atoms with Gasteiger partial charge in [0.1, 0.15) is 5.82 Å². The van der Waals surface area contributed by atoms with E-state index in [4.69, 9.17) is 5.73 Å². The first-order valence-electron chi connectivity index (χ1n) is 6.15. The molecule has 0 spiro atoms. The number of aryl methyl sites for hydroxylation is 1. The van der Waals surface area contributed by atoms with Crippen molar-refractivity contribution in [2.45, 2.75) is 45.6 Å². The molecule has 0 saturated heterocycles. The molecule has 88 valence electrons. The van der Waals surface area contributed by atoms with Crippen LogP contribution < -0.4 is 11.1 Å². The third kappa shape index (κ3) is 2.65. The Morgan fingerprint density at radius 1 is 1.38 bits per heavy atom. The van der Waals surface area contributed by atoms with Gasteiger partial charge in [-0.3, -0.25) is 0 Å². The zero-order chi connectivity index (χ0) is 11.5. The Balaban J connectivity index is 2.00. The van der Waals surface area contributed by atoms with Gasteiger partial charge in [0, 0.05) is 6.04 Å². The minimum atomic E-state index is 0.583. The molecule has 16 heavy (non-hydrogen) atoms. The fourth-order valence-corrected chi connectivity index (χ4v) is 2.43. The predicted octanol–water partition coefficient (Wildman–Crippen LogP) is 2.96. The smallest absolute Gasteiger partial charge is 0.126 e. The molecule has 2 rings (SSSR count). The highest BCUT2D eigenvalue weighted by atomic mass is 15.0. The van der Waals surface area contributed by atoms with Gasteiger partial charge in [0.2, 0.25) is 0 Å². The van der Waals surface area contributed by atoms with Crippen LogP contribution in [0.2, 0.25) is 0 Å². The van der Waals surface area contributed by atoms with E-state index in [1.807, 2.05) is 19.1 Å². The van der Waals surface area contributed by atoms with Crippen molar-refractivity contribution >= 4 is 11.5 Å². The average Bonchev–Trinajstić information content (AvgIpc) is 2.24. The second-order valence-electron chi connectivity index (χ2n) is 4.98. The highest BCUT2D eigenvalue weighted by Crippen LogP contribution is 2.26. The lowest BCUT2D eigenvalue weighted by Gasteiger charge is -2.28. The van der Waals surface area contributed by atoms with Crippen molar-refractivity contribution in [1.29, 1.82) is 0 Å². The molecule has 1 aliphatic rings. The van der Waals surface area contributed by atoms with Gasteiger partial charge in [-0.05, 0) is 37.8 Å². The summed E-state index contributed by atoms with van der Waals surface area (Å²) in [6.45, 7) is 4.28. The highest BCUT2D eigenvalue weighted by Gasteiger charge is 2.18. The van der Waals surface area contributed by atoms with Crippen molar-refractivity contribution in [2.24, 2.45) is 5.92 Å². The number of hydrogen-bond donors (Lipinski definition) is 2. The number of nitrogens with zero attached hydrogens (tertiary/aromatic N) is 1. The minimum Gasteiger partial charge on any atom is -0.397 e. The molecule has 0 amide bonds. The van der Waals surface area contributed by atoms with E-state index in [0.29, 0.717) is 6.04 Å². The van der Waals surface area contributed by atoms with E-state index in [1.165, 1.54) is 25.7 Å². The van der Waals surface area contributed by atoms with Gasteiger partial charge in [0.15, 0.2) is 0 Å². The maximum atomic E-state index is 5.75. The number of hydrogen-bond acceptors (Lipinski definition) is 3. The first kappa shape index (κ1) is 11.2. The molecule has 1 saturated carbocycles. The Morgan fingerprint density at radius 2 is 2.19 bits per heavy atom. The van der Waals surface area contributed by atoms with Crippen molar-refractivity contribution in [3.05, 3.63) is 17.8 Å². The summed E-state index contributed by atoms with van der Waals surface area (Å²) in [5, 5.41) is 3.51. The van der Waals surface area contributed by atoms with Crippen LogP contribution in [0.4, 0.5) is 11.5 Å². The van der Waals surface area contributed by atoms with Crippen molar-refractivity contribution in [3.63, 3.8) is 0 Å². The average molecular weight is 219 g/mol. The van der Waals surface area contributed by atoms with Gasteiger partial charge in [-0.1, -0.05) is 19.8 Å². The van der Waals surface area contributed by atoms with Crippen LogP contribution in [0, 0.1) is 12.8 Å². The number of nitrogen functional groups attached to an aromatic ring is 1. The summed E-state index contributed by atoms with van der Waals surface area (Å²) in [5.74, 6) is 1.80. The lowest BCUT2D eigenvalue weighted by molar-refractivity contribution is 0.358. The van der Waals surface area contributed by atoms with Gasteiger partial charge < -0.3 is 11.1 Å². The van der Waals surface area contributed by atoms with Crippen molar-refractivity contribution < 1.29 is 0 Å². The number of nitrogens with two attached hydrogens (primary N) is 1. The standard InChI is InChI=1S/C13H21N3/c1-9-4-3-5-11(8-9)16-13-7-6-12(14)10(2)15-13/h6-7,9,11H,3-5,8,14H2,1-2H3,(H,15,16). The maximum Gasteiger partial charge on any atom is 0.126 e. The monoisotopic (exact) mass is 219 g/mol. The summed E-state index contributed by atoms with van der Waals surface area (Å²) in [7, 11) is 0. The Labute approximate surface area is 97.5 Å². The molecular weight excluding hydrogens is 198 g/mol.